The molecule has 3 rings (SSSR count). The van der Waals surface area contributed by atoms with Crippen LogP contribution in [0.15, 0.2) is 48.5 Å². The molecule has 0 amide bonds. The molecule has 0 saturated carbocycles. The van der Waals surface area contributed by atoms with Crippen molar-refractivity contribution in [2.24, 2.45) is 0 Å². The second kappa shape index (κ2) is 7.92. The zero-order valence-electron chi connectivity index (χ0n) is 14.7. The Balaban J connectivity index is 1.99. The largest absolute Gasteiger partial charge is 0.464 e. The van der Waals surface area contributed by atoms with E-state index in [9.17, 15) is 13.2 Å². The van der Waals surface area contributed by atoms with Gasteiger partial charge in [0.15, 0.2) is 5.82 Å². The molecule has 3 aromatic rings. The van der Waals surface area contributed by atoms with Crippen LogP contribution in [-0.4, -0.2) is 21.6 Å². The zero-order chi connectivity index (χ0) is 20.1. The summed E-state index contributed by atoms with van der Waals surface area (Å²) in [5.74, 6) is 0.250. The maximum absolute atomic E-state index is 12.9. The van der Waals surface area contributed by atoms with Gasteiger partial charge < -0.3 is 10.1 Å². The van der Waals surface area contributed by atoms with E-state index in [1.54, 1.807) is 31.2 Å². The van der Waals surface area contributed by atoms with Gasteiger partial charge in [0.25, 0.3) is 0 Å². The standard InChI is InChI=1S/C19H14F3N5O/c1-2-28-18-26-16(13-6-3-5-12(9-13)11-23)25-17(27-18)24-15-8-4-7-14(10-15)19(20,21)22/h3-10H,2H2,1H3,(H,24,25,26,27). The van der Waals surface area contributed by atoms with Crippen molar-refractivity contribution in [2.75, 3.05) is 11.9 Å². The molecule has 1 aromatic heterocycles. The minimum atomic E-state index is -4.46. The third-order valence-electron chi connectivity index (χ3n) is 3.58. The lowest BCUT2D eigenvalue weighted by atomic mass is 10.1. The van der Waals surface area contributed by atoms with Crippen molar-refractivity contribution in [1.82, 2.24) is 15.0 Å². The highest BCUT2D eigenvalue weighted by Gasteiger charge is 2.30. The molecular formula is C19H14F3N5O. The quantitative estimate of drug-likeness (QED) is 0.693. The normalized spacial score (nSPS) is 11.0. The molecule has 0 radical (unpaired) electrons. The minimum Gasteiger partial charge on any atom is -0.464 e. The lowest BCUT2D eigenvalue weighted by Gasteiger charge is -2.11. The van der Waals surface area contributed by atoms with E-state index in [4.69, 9.17) is 10.00 Å². The van der Waals surface area contributed by atoms with Gasteiger partial charge in [-0.25, -0.2) is 0 Å². The van der Waals surface area contributed by atoms with Crippen molar-refractivity contribution in [2.45, 2.75) is 13.1 Å². The highest BCUT2D eigenvalue weighted by Crippen LogP contribution is 2.31. The van der Waals surface area contributed by atoms with Gasteiger partial charge in [-0.2, -0.15) is 33.4 Å². The van der Waals surface area contributed by atoms with E-state index in [2.05, 4.69) is 20.3 Å². The van der Waals surface area contributed by atoms with Crippen LogP contribution in [0.25, 0.3) is 11.4 Å². The lowest BCUT2D eigenvalue weighted by molar-refractivity contribution is -0.137. The van der Waals surface area contributed by atoms with Crippen LogP contribution in [0.1, 0.15) is 18.1 Å². The second-order valence-electron chi connectivity index (χ2n) is 5.59. The van der Waals surface area contributed by atoms with Crippen LogP contribution < -0.4 is 10.1 Å². The van der Waals surface area contributed by atoms with Gasteiger partial charge in [0, 0.05) is 11.3 Å². The first-order chi connectivity index (χ1) is 13.4. The number of benzene rings is 2. The first-order valence-corrected chi connectivity index (χ1v) is 8.22. The number of halogens is 3. The maximum Gasteiger partial charge on any atom is 0.416 e. The topological polar surface area (TPSA) is 83.7 Å². The van der Waals surface area contributed by atoms with Crippen molar-refractivity contribution in [3.8, 4) is 23.5 Å². The Hall–Kier alpha value is -3.67. The van der Waals surface area contributed by atoms with E-state index < -0.39 is 11.7 Å². The van der Waals surface area contributed by atoms with Crippen molar-refractivity contribution in [3.05, 3.63) is 59.7 Å². The third-order valence-corrected chi connectivity index (χ3v) is 3.58. The van der Waals surface area contributed by atoms with Gasteiger partial charge in [0.05, 0.1) is 23.8 Å². The van der Waals surface area contributed by atoms with Crippen molar-refractivity contribution in [1.29, 1.82) is 5.26 Å². The van der Waals surface area contributed by atoms with Crippen molar-refractivity contribution in [3.63, 3.8) is 0 Å². The van der Waals surface area contributed by atoms with E-state index in [0.717, 1.165) is 12.1 Å². The molecule has 0 saturated heterocycles. The average Bonchev–Trinajstić information content (AvgIpc) is 2.68. The molecule has 0 aliphatic rings. The molecule has 0 aliphatic carbocycles. The highest BCUT2D eigenvalue weighted by atomic mass is 19.4. The summed E-state index contributed by atoms with van der Waals surface area (Å²) in [5, 5.41) is 11.8. The van der Waals surface area contributed by atoms with Crippen LogP contribution in [0.4, 0.5) is 24.8 Å². The lowest BCUT2D eigenvalue weighted by Crippen LogP contribution is -2.07. The number of anilines is 2. The number of ether oxygens (including phenoxy) is 1. The number of aromatic nitrogens is 3. The summed E-state index contributed by atoms with van der Waals surface area (Å²) < 4.78 is 44.1. The number of hydrogen-bond acceptors (Lipinski definition) is 6. The molecule has 1 N–H and O–H groups in total. The van der Waals surface area contributed by atoms with Crippen LogP contribution in [0.3, 0.4) is 0 Å². The first kappa shape index (κ1) is 19.1. The van der Waals surface area contributed by atoms with Gasteiger partial charge in [0.1, 0.15) is 0 Å². The van der Waals surface area contributed by atoms with E-state index in [-0.39, 0.29) is 23.5 Å². The predicted octanol–water partition coefficient (Wildman–Crippen LogP) is 4.57. The number of rotatable bonds is 5. The Morgan fingerprint density at radius 3 is 2.57 bits per heavy atom. The molecule has 0 bridgehead atoms. The SMILES string of the molecule is CCOc1nc(Nc2cccc(C(F)(F)F)c2)nc(-c2cccc(C#N)c2)n1. The van der Waals surface area contributed by atoms with E-state index in [1.165, 1.54) is 12.1 Å². The van der Waals surface area contributed by atoms with Gasteiger partial charge in [-0.3, -0.25) is 0 Å². The molecule has 28 heavy (non-hydrogen) atoms. The van der Waals surface area contributed by atoms with Gasteiger partial charge in [-0.1, -0.05) is 18.2 Å². The second-order valence-corrected chi connectivity index (χ2v) is 5.59. The van der Waals surface area contributed by atoms with Crippen LogP contribution in [-0.2, 0) is 6.18 Å². The summed E-state index contributed by atoms with van der Waals surface area (Å²) >= 11 is 0. The Labute approximate surface area is 158 Å². The Morgan fingerprint density at radius 2 is 1.86 bits per heavy atom. The summed E-state index contributed by atoms with van der Waals surface area (Å²) in [5.41, 5.74) is 0.344. The molecule has 9 heteroatoms. The fourth-order valence-corrected chi connectivity index (χ4v) is 2.37. The Kier molecular flexibility index (Phi) is 5.40. The smallest absolute Gasteiger partial charge is 0.416 e. The number of hydrogen-bond donors (Lipinski definition) is 1. The average molecular weight is 385 g/mol. The number of alkyl halides is 3. The van der Waals surface area contributed by atoms with E-state index in [1.807, 2.05) is 6.07 Å². The molecule has 6 nitrogen and oxygen atoms in total. The fourth-order valence-electron chi connectivity index (χ4n) is 2.37. The molecule has 0 aliphatic heterocycles. The van der Waals surface area contributed by atoms with Crippen molar-refractivity contribution < 1.29 is 17.9 Å². The van der Waals surface area contributed by atoms with Crippen LogP contribution >= 0.6 is 0 Å². The summed E-state index contributed by atoms with van der Waals surface area (Å²) in [6.07, 6.45) is -4.46. The molecule has 0 unspecified atom stereocenters. The van der Waals surface area contributed by atoms with Gasteiger partial charge in [0.2, 0.25) is 5.95 Å². The van der Waals surface area contributed by atoms with Crippen molar-refractivity contribution >= 4 is 11.6 Å². The summed E-state index contributed by atoms with van der Waals surface area (Å²) in [6, 6.07) is 13.3. The maximum atomic E-state index is 12.9. The highest BCUT2D eigenvalue weighted by molar-refractivity contribution is 5.61. The molecule has 0 spiro atoms. The zero-order valence-corrected chi connectivity index (χ0v) is 14.7. The minimum absolute atomic E-state index is 0.0179. The molecular weight excluding hydrogens is 371 g/mol. The number of nitrogens with one attached hydrogen (secondary N) is 1. The molecule has 2 aromatic carbocycles. The Morgan fingerprint density at radius 1 is 1.07 bits per heavy atom. The summed E-state index contributed by atoms with van der Waals surface area (Å²) in [4.78, 5) is 12.5. The summed E-state index contributed by atoms with van der Waals surface area (Å²) in [6.45, 7) is 2.05. The van der Waals surface area contributed by atoms with Crippen LogP contribution in [0, 0.1) is 11.3 Å². The summed E-state index contributed by atoms with van der Waals surface area (Å²) in [7, 11) is 0. The first-order valence-electron chi connectivity index (χ1n) is 8.22. The van der Waals surface area contributed by atoms with E-state index in [0.29, 0.717) is 17.7 Å². The molecule has 0 atom stereocenters. The monoisotopic (exact) mass is 385 g/mol. The van der Waals surface area contributed by atoms with E-state index >= 15 is 0 Å². The fraction of sp³-hybridized carbons (Fsp3) is 0.158. The molecule has 142 valence electrons. The van der Waals surface area contributed by atoms with Gasteiger partial charge in [-0.05, 0) is 37.3 Å². The van der Waals surface area contributed by atoms with Gasteiger partial charge in [-0.15, -0.1) is 0 Å². The van der Waals surface area contributed by atoms with Gasteiger partial charge >= 0.3 is 12.2 Å². The number of nitriles is 1. The van der Waals surface area contributed by atoms with Crippen LogP contribution in [0.2, 0.25) is 0 Å². The molecule has 1 heterocycles. The molecule has 0 fully saturated rings. The van der Waals surface area contributed by atoms with Crippen LogP contribution in [0.5, 0.6) is 6.01 Å². The third kappa shape index (κ3) is 4.54. The Bertz CT molecular complexity index is 1030. The number of nitrogens with zero attached hydrogens (tertiary/aromatic N) is 4. The predicted molar refractivity (Wildman–Crippen MR) is 95.9 cm³/mol.